The summed E-state index contributed by atoms with van der Waals surface area (Å²) in [4.78, 5) is 0. The van der Waals surface area contributed by atoms with E-state index in [4.69, 9.17) is 11.6 Å². The molecule has 2 heteroatoms. The van der Waals surface area contributed by atoms with Crippen molar-refractivity contribution in [2.45, 2.75) is 32.6 Å². The summed E-state index contributed by atoms with van der Waals surface area (Å²) in [5.41, 5.74) is 0.757. The zero-order chi connectivity index (χ0) is 11.3. The van der Waals surface area contributed by atoms with Gasteiger partial charge in [0.05, 0.1) is 0 Å². The average molecular weight is 229 g/mol. The topological polar surface area (TPSA) is 0 Å². The Hall–Kier alpha value is -0.560. The van der Waals surface area contributed by atoms with E-state index < -0.39 is 0 Å². The third-order valence-corrected chi connectivity index (χ3v) is 3.29. The molecule has 0 bridgehead atoms. The molecule has 1 aromatic carbocycles. The van der Waals surface area contributed by atoms with E-state index in [1.54, 1.807) is 6.07 Å². The van der Waals surface area contributed by atoms with Crippen molar-refractivity contribution in [3.63, 3.8) is 0 Å². The summed E-state index contributed by atoms with van der Waals surface area (Å²) in [7, 11) is 0. The molecule has 2 unspecified atom stereocenters. The van der Waals surface area contributed by atoms with Gasteiger partial charge >= 0.3 is 0 Å². The molecule has 0 aromatic heterocycles. The number of rotatable bonds is 5. The van der Waals surface area contributed by atoms with Gasteiger partial charge in [0, 0.05) is 11.8 Å². The fraction of sp³-hybridized carbons (Fsp3) is 0.538. The van der Waals surface area contributed by atoms with Crippen LogP contribution in [0.5, 0.6) is 0 Å². The van der Waals surface area contributed by atoms with Crippen molar-refractivity contribution < 1.29 is 4.39 Å². The van der Waals surface area contributed by atoms with Crippen molar-refractivity contribution in [3.05, 3.63) is 35.6 Å². The van der Waals surface area contributed by atoms with Crippen LogP contribution in [0.4, 0.5) is 4.39 Å². The van der Waals surface area contributed by atoms with E-state index >= 15 is 0 Å². The molecule has 1 rings (SSSR count). The van der Waals surface area contributed by atoms with E-state index in [2.05, 4.69) is 13.8 Å². The minimum Gasteiger partial charge on any atom is -0.207 e. The van der Waals surface area contributed by atoms with Crippen molar-refractivity contribution >= 4 is 11.6 Å². The quantitative estimate of drug-likeness (QED) is 0.647. The Balaban J connectivity index is 2.78. The number of benzene rings is 1. The highest BCUT2D eigenvalue weighted by atomic mass is 35.5. The zero-order valence-corrected chi connectivity index (χ0v) is 10.1. The van der Waals surface area contributed by atoms with E-state index in [0.717, 1.165) is 18.4 Å². The lowest BCUT2D eigenvalue weighted by atomic mass is 9.89. The summed E-state index contributed by atoms with van der Waals surface area (Å²) < 4.78 is 13.5. The van der Waals surface area contributed by atoms with E-state index in [1.807, 2.05) is 12.1 Å². The zero-order valence-electron chi connectivity index (χ0n) is 9.34. The van der Waals surface area contributed by atoms with Crippen LogP contribution in [-0.2, 0) is 0 Å². The minimum absolute atomic E-state index is 0.133. The standard InChI is InChI=1S/C13H18ClF/c1-3-10(2)8-11(9-14)12-6-4-5-7-13(12)15/h4-7,10-11H,3,8-9H2,1-2H3. The molecule has 0 saturated heterocycles. The van der Waals surface area contributed by atoms with E-state index in [9.17, 15) is 4.39 Å². The van der Waals surface area contributed by atoms with Gasteiger partial charge in [-0.1, -0.05) is 38.5 Å². The van der Waals surface area contributed by atoms with Gasteiger partial charge in [0.15, 0.2) is 0 Å². The molecule has 0 aliphatic rings. The van der Waals surface area contributed by atoms with Gasteiger partial charge in [-0.2, -0.15) is 0 Å². The van der Waals surface area contributed by atoms with Gasteiger partial charge in [0.25, 0.3) is 0 Å². The van der Waals surface area contributed by atoms with Gasteiger partial charge in [-0.3, -0.25) is 0 Å². The lowest BCUT2D eigenvalue weighted by molar-refractivity contribution is 0.462. The van der Waals surface area contributed by atoms with Gasteiger partial charge in [-0.05, 0) is 24.0 Å². The lowest BCUT2D eigenvalue weighted by Gasteiger charge is -2.18. The SMILES string of the molecule is CCC(C)CC(CCl)c1ccccc1F. The number of hydrogen-bond acceptors (Lipinski definition) is 0. The van der Waals surface area contributed by atoms with Crippen LogP contribution in [0, 0.1) is 11.7 Å². The summed E-state index contributed by atoms with van der Waals surface area (Å²) in [6.45, 7) is 4.33. The van der Waals surface area contributed by atoms with Gasteiger partial charge in [0.1, 0.15) is 5.82 Å². The maximum Gasteiger partial charge on any atom is 0.126 e. The van der Waals surface area contributed by atoms with Crippen LogP contribution in [0.25, 0.3) is 0 Å². The lowest BCUT2D eigenvalue weighted by Crippen LogP contribution is -2.08. The molecular formula is C13H18ClF. The van der Waals surface area contributed by atoms with Crippen LogP contribution in [0.15, 0.2) is 24.3 Å². The molecular weight excluding hydrogens is 211 g/mol. The van der Waals surface area contributed by atoms with Crippen molar-refractivity contribution in [3.8, 4) is 0 Å². The van der Waals surface area contributed by atoms with E-state index in [1.165, 1.54) is 6.07 Å². The summed E-state index contributed by atoms with van der Waals surface area (Å²) in [6.07, 6.45) is 2.07. The van der Waals surface area contributed by atoms with Crippen LogP contribution >= 0.6 is 11.6 Å². The summed E-state index contributed by atoms with van der Waals surface area (Å²) in [5.74, 6) is 1.09. The minimum atomic E-state index is -0.133. The third kappa shape index (κ3) is 3.49. The van der Waals surface area contributed by atoms with Crippen molar-refractivity contribution in [1.82, 2.24) is 0 Å². The monoisotopic (exact) mass is 228 g/mol. The van der Waals surface area contributed by atoms with Gasteiger partial charge < -0.3 is 0 Å². The largest absolute Gasteiger partial charge is 0.207 e. The van der Waals surface area contributed by atoms with Crippen LogP contribution in [0.1, 0.15) is 38.2 Å². The molecule has 0 spiro atoms. The Morgan fingerprint density at radius 1 is 1.33 bits per heavy atom. The number of hydrogen-bond donors (Lipinski definition) is 0. The van der Waals surface area contributed by atoms with E-state index in [0.29, 0.717) is 11.8 Å². The maximum absolute atomic E-state index is 13.5. The van der Waals surface area contributed by atoms with Crippen molar-refractivity contribution in [1.29, 1.82) is 0 Å². The predicted octanol–water partition coefficient (Wildman–Crippen LogP) is 4.58. The molecule has 0 aliphatic heterocycles. The molecule has 1 aromatic rings. The smallest absolute Gasteiger partial charge is 0.126 e. The first kappa shape index (κ1) is 12.5. The third-order valence-electron chi connectivity index (χ3n) is 2.92. The number of alkyl halides is 1. The first-order valence-corrected chi connectivity index (χ1v) is 6.02. The van der Waals surface area contributed by atoms with Gasteiger partial charge in [-0.25, -0.2) is 4.39 Å². The van der Waals surface area contributed by atoms with Gasteiger partial charge in [0.2, 0.25) is 0 Å². The highest BCUT2D eigenvalue weighted by Crippen LogP contribution is 2.28. The molecule has 84 valence electrons. The molecule has 0 radical (unpaired) electrons. The van der Waals surface area contributed by atoms with Crippen LogP contribution < -0.4 is 0 Å². The molecule has 0 heterocycles. The molecule has 0 amide bonds. The Morgan fingerprint density at radius 3 is 2.53 bits per heavy atom. The summed E-state index contributed by atoms with van der Waals surface area (Å²) in [6, 6.07) is 6.93. The Morgan fingerprint density at radius 2 is 2.00 bits per heavy atom. The molecule has 0 aliphatic carbocycles. The van der Waals surface area contributed by atoms with Crippen molar-refractivity contribution in [2.24, 2.45) is 5.92 Å². The Kier molecular flexibility index (Phi) is 5.10. The second-order valence-electron chi connectivity index (χ2n) is 4.12. The Labute approximate surface area is 96.5 Å². The summed E-state index contributed by atoms with van der Waals surface area (Å²) in [5, 5.41) is 0. The average Bonchev–Trinajstić information content (AvgIpc) is 2.26. The van der Waals surface area contributed by atoms with Crippen LogP contribution in [0.3, 0.4) is 0 Å². The summed E-state index contributed by atoms with van der Waals surface area (Å²) >= 11 is 5.91. The molecule has 15 heavy (non-hydrogen) atoms. The molecule has 0 nitrogen and oxygen atoms in total. The fourth-order valence-corrected chi connectivity index (χ4v) is 2.02. The maximum atomic E-state index is 13.5. The fourth-order valence-electron chi connectivity index (χ4n) is 1.73. The van der Waals surface area contributed by atoms with Crippen LogP contribution in [-0.4, -0.2) is 5.88 Å². The van der Waals surface area contributed by atoms with Gasteiger partial charge in [-0.15, -0.1) is 11.6 Å². The normalized spacial score (nSPS) is 14.9. The molecule has 2 atom stereocenters. The molecule has 0 saturated carbocycles. The molecule has 0 fully saturated rings. The van der Waals surface area contributed by atoms with Crippen molar-refractivity contribution in [2.75, 3.05) is 5.88 Å². The first-order valence-electron chi connectivity index (χ1n) is 5.49. The number of halogens is 2. The highest BCUT2D eigenvalue weighted by molar-refractivity contribution is 6.18. The molecule has 0 N–H and O–H groups in total. The Bertz CT molecular complexity index is 298. The predicted molar refractivity (Wildman–Crippen MR) is 63.9 cm³/mol. The second kappa shape index (κ2) is 6.12. The highest BCUT2D eigenvalue weighted by Gasteiger charge is 2.16. The van der Waals surface area contributed by atoms with E-state index in [-0.39, 0.29) is 11.7 Å². The van der Waals surface area contributed by atoms with Crippen LogP contribution in [0.2, 0.25) is 0 Å². The first-order chi connectivity index (χ1) is 7.19. The second-order valence-corrected chi connectivity index (χ2v) is 4.43.